The second-order valence-electron chi connectivity index (χ2n) is 10.7. The Bertz CT molecular complexity index is 2530. The van der Waals surface area contributed by atoms with Crippen LogP contribution in [0.25, 0.3) is 89.7 Å². The molecule has 3 aromatic heterocycles. The Morgan fingerprint density at radius 1 is 0.511 bits per heavy atom. The van der Waals surface area contributed by atoms with Crippen molar-refractivity contribution in [3.63, 3.8) is 0 Å². The molecule has 217 valence electrons. The predicted octanol–water partition coefficient (Wildman–Crippen LogP) is 6.49. The van der Waals surface area contributed by atoms with E-state index in [4.69, 9.17) is 29.9 Å². The monoisotopic (exact) mass is 631 g/mol. The molecule has 3 N–H and O–H groups in total. The van der Waals surface area contributed by atoms with Gasteiger partial charge in [0.2, 0.25) is 0 Å². The molecule has 11 heteroatoms. The number of benzene rings is 4. The molecule has 9 rings (SSSR count). The van der Waals surface area contributed by atoms with Crippen molar-refractivity contribution in [1.82, 2.24) is 39.9 Å². The van der Waals surface area contributed by atoms with Crippen molar-refractivity contribution in [2.24, 2.45) is 0 Å². The summed E-state index contributed by atoms with van der Waals surface area (Å²) >= 11 is 0. The molecule has 2 aliphatic heterocycles. The number of hydrogen-bond acceptors (Lipinski definition) is 7. The molecule has 0 saturated carbocycles. The van der Waals surface area contributed by atoms with E-state index in [2.05, 4.69) is 9.97 Å². The van der Waals surface area contributed by atoms with E-state index in [-0.39, 0.29) is 23.2 Å². The Kier molecular flexibility index (Phi) is 6.05. The average molecular weight is 632 g/mol. The van der Waals surface area contributed by atoms with Crippen molar-refractivity contribution in [2.75, 3.05) is 0 Å². The van der Waals surface area contributed by atoms with E-state index in [9.17, 15) is 9.90 Å². The maximum atomic E-state index is 11.5. The zero-order valence-electron chi connectivity index (χ0n) is 23.2. The molecule has 1 radical (unpaired) electrons. The third-order valence-electron chi connectivity index (χ3n) is 7.97. The van der Waals surface area contributed by atoms with Crippen LogP contribution in [0.3, 0.4) is 0 Å². The van der Waals surface area contributed by atoms with Gasteiger partial charge in [0.05, 0.1) is 6.42 Å². The van der Waals surface area contributed by atoms with E-state index in [0.717, 1.165) is 43.8 Å². The van der Waals surface area contributed by atoms with Crippen LogP contribution in [0, 0.1) is 0 Å². The van der Waals surface area contributed by atoms with Gasteiger partial charge in [0.25, 0.3) is 0 Å². The van der Waals surface area contributed by atoms with Gasteiger partial charge in [-0.05, 0) is 11.6 Å². The summed E-state index contributed by atoms with van der Waals surface area (Å²) in [4.78, 5) is 48.1. The number of fused-ring (bicyclic) bond motifs is 20. The summed E-state index contributed by atoms with van der Waals surface area (Å²) in [6.07, 6.45) is -0.112. The number of aromatic nitrogens is 8. The van der Waals surface area contributed by atoms with E-state index < -0.39 is 5.97 Å². The van der Waals surface area contributed by atoms with Gasteiger partial charge >= 0.3 is 5.97 Å². The van der Waals surface area contributed by atoms with Crippen LogP contribution in [0.2, 0.25) is 0 Å². The number of aliphatic carboxylic acids is 1. The number of nitrogens with zero attached hydrogens (tertiary/aromatic N) is 6. The first-order chi connectivity index (χ1) is 21.6. The number of carboxylic acid groups (broad SMARTS) is 1. The molecule has 0 unspecified atom stereocenters. The summed E-state index contributed by atoms with van der Waals surface area (Å²) in [6.45, 7) is 0. The van der Waals surface area contributed by atoms with Crippen molar-refractivity contribution in [3.05, 3.63) is 96.6 Å². The van der Waals surface area contributed by atoms with Gasteiger partial charge in [-0.25, -0.2) is 29.9 Å². The predicted molar refractivity (Wildman–Crippen MR) is 167 cm³/mol. The maximum Gasteiger partial charge on any atom is 0.307 e. The van der Waals surface area contributed by atoms with Crippen molar-refractivity contribution < 1.29 is 26.7 Å². The average Bonchev–Trinajstić information content (AvgIpc) is 3.76. The van der Waals surface area contributed by atoms with Crippen molar-refractivity contribution in [3.8, 4) is 45.6 Å². The number of carbonyl (C=O) groups is 1. The first kappa shape index (κ1) is 26.8. The fraction of sp³-hybridized carbons (Fsp3) is 0.0294. The minimum atomic E-state index is -0.910. The van der Waals surface area contributed by atoms with Crippen molar-refractivity contribution >= 4 is 50.1 Å². The first-order valence-electron chi connectivity index (χ1n) is 14.0. The van der Waals surface area contributed by atoms with Gasteiger partial charge in [-0.15, -0.1) is 0 Å². The van der Waals surface area contributed by atoms with E-state index in [1.807, 2.05) is 84.9 Å². The fourth-order valence-corrected chi connectivity index (χ4v) is 5.97. The van der Waals surface area contributed by atoms with Crippen molar-refractivity contribution in [2.45, 2.75) is 6.42 Å². The largest absolute Gasteiger partial charge is 0.481 e. The number of rotatable bonds is 2. The molecular weight excluding hydrogens is 611 g/mol. The van der Waals surface area contributed by atoms with E-state index >= 15 is 0 Å². The molecule has 5 heterocycles. The molecule has 0 fully saturated rings. The molecule has 0 saturated heterocycles. The quantitative estimate of drug-likeness (QED) is 0.196. The zero-order valence-corrected chi connectivity index (χ0v) is 24.3. The third-order valence-corrected chi connectivity index (χ3v) is 7.97. The van der Waals surface area contributed by atoms with Gasteiger partial charge in [0, 0.05) is 60.6 Å². The molecule has 0 spiro atoms. The standard InChI is InChI=1S/C34H20N8O2.Co/c43-26(44)16-17-13-14-24-25(15-17)34-41-32-23-12-6-5-11-22(23)30(39-32)37-28-19-8-2-1-7-18(19)27(35-28)36-29-20-9-3-4-10-21(20)31(38-29)40-33(24)42-34;/h1-15H,16H2,(H,43,44)(H2,35,36,37,38,39,40,41,42);. The van der Waals surface area contributed by atoms with Crippen LogP contribution in [-0.4, -0.2) is 50.9 Å². The second-order valence-corrected chi connectivity index (χ2v) is 10.7. The summed E-state index contributed by atoms with van der Waals surface area (Å²) in [5.74, 6) is 1.15. The summed E-state index contributed by atoms with van der Waals surface area (Å²) < 4.78 is 0. The first-order valence-corrected chi connectivity index (χ1v) is 14.0. The minimum Gasteiger partial charge on any atom is -0.481 e. The molecule has 8 bridgehead atoms. The summed E-state index contributed by atoms with van der Waals surface area (Å²) in [7, 11) is 0. The Morgan fingerprint density at radius 3 is 1.31 bits per heavy atom. The number of H-pyrrole nitrogens is 2. The van der Waals surface area contributed by atoms with Gasteiger partial charge < -0.3 is 15.1 Å². The van der Waals surface area contributed by atoms with Crippen molar-refractivity contribution in [1.29, 1.82) is 0 Å². The molecular formula is C34H20CoN8O2. The van der Waals surface area contributed by atoms with Crippen LogP contribution in [-0.2, 0) is 28.0 Å². The topological polar surface area (TPSA) is 146 Å². The molecule has 4 aromatic carbocycles. The summed E-state index contributed by atoms with van der Waals surface area (Å²) in [6, 6.07) is 29.2. The van der Waals surface area contributed by atoms with Gasteiger partial charge in [-0.2, -0.15) is 0 Å². The van der Waals surface area contributed by atoms with Gasteiger partial charge in [0.15, 0.2) is 23.3 Å². The molecule has 0 amide bonds. The van der Waals surface area contributed by atoms with Crippen LogP contribution in [0.5, 0.6) is 0 Å². The van der Waals surface area contributed by atoms with E-state index in [0.29, 0.717) is 51.4 Å². The third kappa shape index (κ3) is 4.28. The molecule has 0 aliphatic carbocycles. The van der Waals surface area contributed by atoms with Crippen LogP contribution < -0.4 is 0 Å². The Morgan fingerprint density at radius 2 is 0.889 bits per heavy atom. The SMILES string of the molecule is O=C(O)Cc1ccc2c3nc4nc(nc5[nH]c(nc6nc(nc([nH]3)c2c1)-c1ccccc1-6)c1ccccc51)-c1ccccc1-4.[Co]. The zero-order chi connectivity index (χ0) is 29.4. The molecule has 45 heavy (non-hydrogen) atoms. The van der Waals surface area contributed by atoms with Crippen LogP contribution in [0.15, 0.2) is 91.0 Å². The van der Waals surface area contributed by atoms with Gasteiger partial charge in [0.1, 0.15) is 22.6 Å². The van der Waals surface area contributed by atoms with Crippen LogP contribution in [0.1, 0.15) is 5.56 Å². The van der Waals surface area contributed by atoms with Crippen LogP contribution >= 0.6 is 0 Å². The molecule has 2 aliphatic rings. The number of nitrogens with one attached hydrogen (secondary N) is 2. The number of hydrogen-bond donors (Lipinski definition) is 3. The van der Waals surface area contributed by atoms with E-state index in [1.54, 1.807) is 6.07 Å². The van der Waals surface area contributed by atoms with Gasteiger partial charge in [-0.1, -0.05) is 84.9 Å². The Balaban J connectivity index is 0.00000300. The normalized spacial score (nSPS) is 11.6. The van der Waals surface area contributed by atoms with Gasteiger partial charge in [-0.3, -0.25) is 4.79 Å². The second kappa shape index (κ2) is 10.1. The Hall–Kier alpha value is -5.78. The summed E-state index contributed by atoms with van der Waals surface area (Å²) in [5.41, 5.74) is 6.41. The minimum absolute atomic E-state index is 0. The smallest absolute Gasteiger partial charge is 0.307 e. The number of aromatic amines is 2. The van der Waals surface area contributed by atoms with E-state index in [1.165, 1.54) is 0 Å². The molecule has 0 atom stereocenters. The number of carboxylic acids is 1. The van der Waals surface area contributed by atoms with Crippen LogP contribution in [0.4, 0.5) is 0 Å². The molecule has 7 aromatic rings. The molecule has 10 nitrogen and oxygen atoms in total. The summed E-state index contributed by atoms with van der Waals surface area (Å²) in [5, 5.41) is 12.8. The fourth-order valence-electron chi connectivity index (χ4n) is 5.97. The Labute approximate surface area is 264 Å². The maximum absolute atomic E-state index is 11.5.